The molecule has 0 bridgehead atoms. The Bertz CT molecular complexity index is 969. The van der Waals surface area contributed by atoms with Crippen LogP contribution >= 0.6 is 0 Å². The summed E-state index contributed by atoms with van der Waals surface area (Å²) in [7, 11) is 1.99. The molecule has 176 valence electrons. The second-order valence-corrected chi connectivity index (χ2v) is 11.4. The van der Waals surface area contributed by atoms with Gasteiger partial charge < -0.3 is 10.2 Å². The number of rotatable bonds is 4. The maximum atomic E-state index is 12.5. The molecule has 0 aromatic heterocycles. The van der Waals surface area contributed by atoms with E-state index in [1.165, 1.54) is 32.1 Å². The summed E-state index contributed by atoms with van der Waals surface area (Å²) in [6.45, 7) is 5.68. The normalized spacial score (nSPS) is 39.8. The molecular formula is C29H38N2O2. The van der Waals surface area contributed by atoms with E-state index >= 15 is 0 Å². The largest absolute Gasteiger partial charge is 0.352 e. The molecule has 5 rings (SSSR count). The summed E-state index contributed by atoms with van der Waals surface area (Å²) < 4.78 is 0. The van der Waals surface area contributed by atoms with Gasteiger partial charge in [0.25, 0.3) is 0 Å². The Morgan fingerprint density at radius 1 is 1.09 bits per heavy atom. The molecule has 3 saturated carbocycles. The van der Waals surface area contributed by atoms with E-state index in [1.807, 2.05) is 54.4 Å². The van der Waals surface area contributed by atoms with Crippen LogP contribution in [0.15, 0.2) is 48.6 Å². The average Bonchev–Trinajstić information content (AvgIpc) is 3.16. The van der Waals surface area contributed by atoms with E-state index < -0.39 is 0 Å². The van der Waals surface area contributed by atoms with Crippen LogP contribution in [0.2, 0.25) is 0 Å². The van der Waals surface area contributed by atoms with Crippen LogP contribution in [-0.2, 0) is 9.59 Å². The Labute approximate surface area is 198 Å². The highest BCUT2D eigenvalue weighted by molar-refractivity contribution is 5.91. The number of hydrogen-bond acceptors (Lipinski definition) is 2. The van der Waals surface area contributed by atoms with Crippen molar-refractivity contribution in [2.24, 2.45) is 34.5 Å². The molecule has 1 N–H and O–H groups in total. The summed E-state index contributed by atoms with van der Waals surface area (Å²) in [5, 5.41) is 3.21. The summed E-state index contributed by atoms with van der Waals surface area (Å²) >= 11 is 0. The summed E-state index contributed by atoms with van der Waals surface area (Å²) in [5.74, 6) is 2.83. The van der Waals surface area contributed by atoms with Gasteiger partial charge in [-0.3, -0.25) is 9.59 Å². The molecule has 0 radical (unpaired) electrons. The van der Waals surface area contributed by atoms with E-state index in [2.05, 4.69) is 25.2 Å². The van der Waals surface area contributed by atoms with Crippen molar-refractivity contribution in [1.82, 2.24) is 10.2 Å². The van der Waals surface area contributed by atoms with Crippen molar-refractivity contribution in [3.8, 4) is 0 Å². The fourth-order valence-electron chi connectivity index (χ4n) is 8.20. The monoisotopic (exact) mass is 446 g/mol. The van der Waals surface area contributed by atoms with Crippen molar-refractivity contribution in [3.05, 3.63) is 54.1 Å². The van der Waals surface area contributed by atoms with Crippen molar-refractivity contribution < 1.29 is 9.59 Å². The predicted octanol–water partition coefficient (Wildman–Crippen LogP) is 5.07. The molecule has 0 unspecified atom stereocenters. The van der Waals surface area contributed by atoms with E-state index in [9.17, 15) is 9.59 Å². The van der Waals surface area contributed by atoms with Gasteiger partial charge in [-0.05, 0) is 85.3 Å². The molecule has 4 nitrogen and oxygen atoms in total. The number of fused-ring (bicyclic) bond motifs is 5. The van der Waals surface area contributed by atoms with Gasteiger partial charge in [0, 0.05) is 31.1 Å². The number of nitrogens with one attached hydrogen (secondary N) is 1. The fourth-order valence-corrected chi connectivity index (χ4v) is 8.20. The SMILES string of the molecule is CN1C(=O)C=C[C@]2(C)[C@H]3CC[C@]4(C)[C@@H](CNC(=O)C=Cc5ccccc5)CC[C@H]4[C@@H]3CC[C@@H]12. The zero-order valence-corrected chi connectivity index (χ0v) is 20.3. The molecule has 2 amide bonds. The fraction of sp³-hybridized carbons (Fsp3) is 0.586. The highest BCUT2D eigenvalue weighted by atomic mass is 16.2. The molecule has 4 heteroatoms. The van der Waals surface area contributed by atoms with E-state index in [-0.39, 0.29) is 17.2 Å². The minimum atomic E-state index is 0.00709. The van der Waals surface area contributed by atoms with Gasteiger partial charge >= 0.3 is 0 Å². The summed E-state index contributed by atoms with van der Waals surface area (Å²) in [6.07, 6.45) is 14.9. The number of amides is 2. The molecule has 1 aliphatic heterocycles. The van der Waals surface area contributed by atoms with Crippen LogP contribution in [0, 0.1) is 34.5 Å². The van der Waals surface area contributed by atoms with Gasteiger partial charge in [0.2, 0.25) is 11.8 Å². The molecule has 0 spiro atoms. The third-order valence-corrected chi connectivity index (χ3v) is 10.1. The second-order valence-electron chi connectivity index (χ2n) is 11.4. The lowest BCUT2D eigenvalue weighted by Gasteiger charge is -2.60. The zero-order chi connectivity index (χ0) is 23.2. The second kappa shape index (κ2) is 8.45. The summed E-state index contributed by atoms with van der Waals surface area (Å²) in [6, 6.07) is 10.3. The van der Waals surface area contributed by atoms with Gasteiger partial charge in [-0.15, -0.1) is 0 Å². The third-order valence-electron chi connectivity index (χ3n) is 10.1. The lowest BCUT2D eigenvalue weighted by Crippen LogP contribution is -2.59. The first-order chi connectivity index (χ1) is 15.8. The minimum Gasteiger partial charge on any atom is -0.352 e. The Morgan fingerprint density at radius 2 is 1.88 bits per heavy atom. The third kappa shape index (κ3) is 3.76. The minimum absolute atomic E-state index is 0.00709. The van der Waals surface area contributed by atoms with Gasteiger partial charge in [-0.25, -0.2) is 0 Å². The predicted molar refractivity (Wildman–Crippen MR) is 132 cm³/mol. The van der Waals surface area contributed by atoms with E-state index in [0.29, 0.717) is 23.3 Å². The molecule has 4 aliphatic rings. The Balaban J connectivity index is 1.25. The maximum absolute atomic E-state index is 12.5. The van der Waals surface area contributed by atoms with Gasteiger partial charge in [0.1, 0.15) is 0 Å². The first-order valence-electron chi connectivity index (χ1n) is 12.8. The molecule has 7 atom stereocenters. The lowest BCUT2D eigenvalue weighted by atomic mass is 9.47. The smallest absolute Gasteiger partial charge is 0.246 e. The maximum Gasteiger partial charge on any atom is 0.246 e. The molecule has 0 saturated heterocycles. The molecule has 3 fully saturated rings. The van der Waals surface area contributed by atoms with Crippen molar-refractivity contribution in [2.45, 2.75) is 58.4 Å². The number of carbonyl (C=O) groups is 2. The van der Waals surface area contributed by atoms with Crippen molar-refractivity contribution in [3.63, 3.8) is 0 Å². The van der Waals surface area contributed by atoms with Crippen LogP contribution in [0.4, 0.5) is 0 Å². The Morgan fingerprint density at radius 3 is 2.67 bits per heavy atom. The van der Waals surface area contributed by atoms with Crippen LogP contribution in [-0.4, -0.2) is 36.3 Å². The lowest BCUT2D eigenvalue weighted by molar-refractivity contribution is -0.139. The van der Waals surface area contributed by atoms with Crippen LogP contribution in [0.5, 0.6) is 0 Å². The van der Waals surface area contributed by atoms with Crippen LogP contribution < -0.4 is 5.32 Å². The van der Waals surface area contributed by atoms with E-state index in [1.54, 1.807) is 6.08 Å². The molecule has 1 aromatic carbocycles. The van der Waals surface area contributed by atoms with Crippen LogP contribution in [0.25, 0.3) is 6.08 Å². The van der Waals surface area contributed by atoms with Crippen LogP contribution in [0.3, 0.4) is 0 Å². The first kappa shape index (κ1) is 22.4. The molecule has 3 aliphatic carbocycles. The number of carbonyl (C=O) groups excluding carboxylic acids is 2. The highest BCUT2D eigenvalue weighted by Crippen LogP contribution is 2.65. The first-order valence-corrected chi connectivity index (χ1v) is 12.8. The molecule has 33 heavy (non-hydrogen) atoms. The van der Waals surface area contributed by atoms with Gasteiger partial charge in [-0.2, -0.15) is 0 Å². The zero-order valence-electron chi connectivity index (χ0n) is 20.3. The molecule has 1 aromatic rings. The van der Waals surface area contributed by atoms with Gasteiger partial charge in [0.15, 0.2) is 0 Å². The summed E-state index contributed by atoms with van der Waals surface area (Å²) in [4.78, 5) is 26.8. The number of likely N-dealkylation sites (N-methyl/N-ethyl adjacent to an activating group) is 1. The number of hydrogen-bond donors (Lipinski definition) is 1. The topological polar surface area (TPSA) is 49.4 Å². The van der Waals surface area contributed by atoms with Gasteiger partial charge in [0.05, 0.1) is 0 Å². The summed E-state index contributed by atoms with van der Waals surface area (Å²) in [5.41, 5.74) is 1.45. The quantitative estimate of drug-likeness (QED) is 0.657. The van der Waals surface area contributed by atoms with Crippen molar-refractivity contribution >= 4 is 17.9 Å². The van der Waals surface area contributed by atoms with Gasteiger partial charge in [-0.1, -0.05) is 50.3 Å². The Hall–Kier alpha value is -2.36. The number of benzene rings is 1. The van der Waals surface area contributed by atoms with E-state index in [0.717, 1.165) is 30.4 Å². The number of nitrogens with zero attached hydrogens (tertiary/aromatic N) is 1. The highest BCUT2D eigenvalue weighted by Gasteiger charge is 2.60. The van der Waals surface area contributed by atoms with Crippen LogP contribution in [0.1, 0.15) is 57.9 Å². The standard InChI is InChI=1S/C29H38N2O2/c1-28-17-15-24-22(11-13-25-29(24,2)18-16-27(33)31(25)3)23(28)12-10-21(28)19-30-26(32)14-9-20-7-5-4-6-8-20/h4-9,14,16,18,21-25H,10-13,15,17,19H2,1-3H3,(H,30,32)/t21-,22+,23+,24+,25-,28-,29-/m1/s1. The van der Waals surface area contributed by atoms with Crippen molar-refractivity contribution in [2.75, 3.05) is 13.6 Å². The molecular weight excluding hydrogens is 408 g/mol. The molecule has 1 heterocycles. The Kier molecular flexibility index (Phi) is 5.74. The van der Waals surface area contributed by atoms with E-state index in [4.69, 9.17) is 0 Å². The average molecular weight is 447 g/mol. The van der Waals surface area contributed by atoms with Crippen molar-refractivity contribution in [1.29, 1.82) is 0 Å².